The molecule has 1 atom stereocenters. The number of fused-ring (bicyclic) bond motifs is 1. The molecule has 0 aliphatic carbocycles. The van der Waals surface area contributed by atoms with Gasteiger partial charge in [-0.2, -0.15) is 4.52 Å². The number of piperidine rings is 1. The van der Waals surface area contributed by atoms with E-state index in [4.69, 9.17) is 0 Å². The van der Waals surface area contributed by atoms with Gasteiger partial charge >= 0.3 is 0 Å². The van der Waals surface area contributed by atoms with Gasteiger partial charge in [-0.05, 0) is 38.8 Å². The maximum atomic E-state index is 12.1. The Morgan fingerprint density at radius 1 is 1.50 bits per heavy atom. The Morgan fingerprint density at radius 2 is 2.36 bits per heavy atom. The molecule has 0 amide bonds. The van der Waals surface area contributed by atoms with Crippen LogP contribution >= 0.6 is 11.3 Å². The minimum atomic E-state index is -0.0878. The van der Waals surface area contributed by atoms with Crippen molar-refractivity contribution in [3.63, 3.8) is 0 Å². The van der Waals surface area contributed by atoms with E-state index >= 15 is 0 Å². The number of anilines is 1. The lowest BCUT2D eigenvalue weighted by molar-refractivity contribution is 0.217. The summed E-state index contributed by atoms with van der Waals surface area (Å²) in [5.41, 5.74) is 0.770. The van der Waals surface area contributed by atoms with Crippen molar-refractivity contribution in [2.45, 2.75) is 32.6 Å². The van der Waals surface area contributed by atoms with Crippen LogP contribution in [0.3, 0.4) is 0 Å². The van der Waals surface area contributed by atoms with Gasteiger partial charge in [-0.25, -0.2) is 4.98 Å². The largest absolute Gasteiger partial charge is 0.360 e. The highest BCUT2D eigenvalue weighted by Gasteiger charge is 2.17. The molecule has 0 radical (unpaired) electrons. The molecule has 1 unspecified atom stereocenters. The van der Waals surface area contributed by atoms with Crippen LogP contribution < -0.4 is 10.9 Å². The van der Waals surface area contributed by atoms with E-state index in [0.717, 1.165) is 36.8 Å². The second-order valence-corrected chi connectivity index (χ2v) is 7.04. The summed E-state index contributed by atoms with van der Waals surface area (Å²) in [6.07, 6.45) is 4.33. The minimum absolute atomic E-state index is 0.0878. The highest BCUT2D eigenvalue weighted by molar-refractivity contribution is 7.20. The molecule has 7 heteroatoms. The van der Waals surface area contributed by atoms with Crippen molar-refractivity contribution in [1.29, 1.82) is 0 Å². The standard InChI is InChI=1S/C15H23N5OS/c1-3-5-12-8-13(21)20-15(17-12)22-14(18-20)16-9-11-6-4-7-19(2)10-11/h8,11H,3-7,9-10H2,1-2H3,(H,16,18). The van der Waals surface area contributed by atoms with Gasteiger partial charge in [0.15, 0.2) is 0 Å². The average Bonchev–Trinajstić information content (AvgIpc) is 2.89. The summed E-state index contributed by atoms with van der Waals surface area (Å²) in [6, 6.07) is 1.59. The molecule has 1 fully saturated rings. The van der Waals surface area contributed by atoms with E-state index in [2.05, 4.69) is 34.3 Å². The van der Waals surface area contributed by atoms with Gasteiger partial charge in [-0.15, -0.1) is 5.10 Å². The van der Waals surface area contributed by atoms with Crippen molar-refractivity contribution in [3.05, 3.63) is 22.1 Å². The molecule has 22 heavy (non-hydrogen) atoms. The van der Waals surface area contributed by atoms with Crippen LogP contribution in [0.25, 0.3) is 4.96 Å². The first kappa shape index (κ1) is 15.4. The summed E-state index contributed by atoms with van der Waals surface area (Å²) in [7, 11) is 2.17. The molecule has 2 aromatic heterocycles. The lowest BCUT2D eigenvalue weighted by Gasteiger charge is -2.29. The Balaban J connectivity index is 1.71. The van der Waals surface area contributed by atoms with E-state index in [0.29, 0.717) is 10.9 Å². The molecule has 6 nitrogen and oxygen atoms in total. The average molecular weight is 321 g/mol. The van der Waals surface area contributed by atoms with Gasteiger partial charge in [0.2, 0.25) is 10.1 Å². The number of hydrogen-bond acceptors (Lipinski definition) is 6. The third-order valence-electron chi connectivity index (χ3n) is 4.07. The minimum Gasteiger partial charge on any atom is -0.360 e. The second-order valence-electron chi connectivity index (χ2n) is 6.09. The summed E-state index contributed by atoms with van der Waals surface area (Å²) in [5, 5.41) is 8.52. The molecule has 0 spiro atoms. The zero-order chi connectivity index (χ0) is 15.5. The van der Waals surface area contributed by atoms with E-state index in [1.54, 1.807) is 6.07 Å². The number of aryl methyl sites for hydroxylation is 1. The fourth-order valence-corrected chi connectivity index (χ4v) is 3.81. The van der Waals surface area contributed by atoms with Crippen molar-refractivity contribution in [3.8, 4) is 0 Å². The molecule has 0 bridgehead atoms. The molecule has 1 aliphatic rings. The molecular formula is C15H23N5OS. The van der Waals surface area contributed by atoms with Gasteiger partial charge < -0.3 is 10.2 Å². The van der Waals surface area contributed by atoms with Crippen LogP contribution in [0.5, 0.6) is 0 Å². The van der Waals surface area contributed by atoms with Crippen molar-refractivity contribution in [2.24, 2.45) is 5.92 Å². The first-order valence-electron chi connectivity index (χ1n) is 7.98. The third-order valence-corrected chi connectivity index (χ3v) is 4.93. The summed E-state index contributed by atoms with van der Waals surface area (Å²) < 4.78 is 1.40. The summed E-state index contributed by atoms with van der Waals surface area (Å²) in [6.45, 7) is 5.30. The van der Waals surface area contributed by atoms with Crippen LogP contribution in [0.2, 0.25) is 0 Å². The Morgan fingerprint density at radius 3 is 3.14 bits per heavy atom. The predicted molar refractivity (Wildman–Crippen MR) is 89.8 cm³/mol. The number of likely N-dealkylation sites (tertiary alicyclic amines) is 1. The predicted octanol–water partition coefficient (Wildman–Crippen LogP) is 1.86. The van der Waals surface area contributed by atoms with Gasteiger partial charge in [0.25, 0.3) is 5.56 Å². The number of nitrogens with one attached hydrogen (secondary N) is 1. The topological polar surface area (TPSA) is 62.5 Å². The van der Waals surface area contributed by atoms with Crippen molar-refractivity contribution in [1.82, 2.24) is 19.5 Å². The summed E-state index contributed by atoms with van der Waals surface area (Å²) in [5.74, 6) is 0.645. The molecule has 3 heterocycles. The Hall–Kier alpha value is -1.47. The molecule has 3 rings (SSSR count). The Bertz CT molecular complexity index is 695. The van der Waals surface area contributed by atoms with Gasteiger partial charge in [-0.1, -0.05) is 24.7 Å². The third kappa shape index (κ3) is 3.47. The maximum absolute atomic E-state index is 12.1. The van der Waals surface area contributed by atoms with Gasteiger partial charge in [0.1, 0.15) is 0 Å². The van der Waals surface area contributed by atoms with Gasteiger partial charge in [0.05, 0.1) is 0 Å². The molecular weight excluding hydrogens is 298 g/mol. The van der Waals surface area contributed by atoms with E-state index in [9.17, 15) is 4.79 Å². The highest BCUT2D eigenvalue weighted by atomic mass is 32.1. The van der Waals surface area contributed by atoms with E-state index in [1.807, 2.05) is 0 Å². The zero-order valence-corrected chi connectivity index (χ0v) is 14.0. The summed E-state index contributed by atoms with van der Waals surface area (Å²) >= 11 is 1.46. The van der Waals surface area contributed by atoms with Crippen LogP contribution in [0.4, 0.5) is 5.13 Å². The van der Waals surface area contributed by atoms with Crippen molar-refractivity contribution < 1.29 is 0 Å². The number of nitrogens with zero attached hydrogens (tertiary/aromatic N) is 4. The number of hydrogen-bond donors (Lipinski definition) is 1. The van der Waals surface area contributed by atoms with Crippen LogP contribution in [0.15, 0.2) is 10.9 Å². The molecule has 0 saturated carbocycles. The summed E-state index contributed by atoms with van der Waals surface area (Å²) in [4.78, 5) is 19.6. The van der Waals surface area contributed by atoms with Crippen LogP contribution in [-0.2, 0) is 6.42 Å². The van der Waals surface area contributed by atoms with E-state index < -0.39 is 0 Å². The molecule has 0 aromatic carbocycles. The molecule has 1 N–H and O–H groups in total. The quantitative estimate of drug-likeness (QED) is 0.911. The Kier molecular flexibility index (Phi) is 4.73. The Labute approximate surface area is 134 Å². The fraction of sp³-hybridized carbons (Fsp3) is 0.667. The lowest BCUT2D eigenvalue weighted by Crippen LogP contribution is -2.35. The van der Waals surface area contributed by atoms with E-state index in [-0.39, 0.29) is 5.56 Å². The first-order valence-corrected chi connectivity index (χ1v) is 8.79. The van der Waals surface area contributed by atoms with Gasteiger partial charge in [0, 0.05) is 24.8 Å². The normalized spacial score (nSPS) is 19.6. The molecule has 2 aromatic rings. The molecule has 1 saturated heterocycles. The maximum Gasteiger partial charge on any atom is 0.275 e. The monoisotopic (exact) mass is 321 g/mol. The lowest BCUT2D eigenvalue weighted by atomic mass is 9.99. The second kappa shape index (κ2) is 6.75. The molecule has 1 aliphatic heterocycles. The van der Waals surface area contributed by atoms with E-state index in [1.165, 1.54) is 35.2 Å². The fourth-order valence-electron chi connectivity index (χ4n) is 2.98. The van der Waals surface area contributed by atoms with Crippen molar-refractivity contribution >= 4 is 21.4 Å². The van der Waals surface area contributed by atoms with Crippen LogP contribution in [-0.4, -0.2) is 46.2 Å². The first-order chi connectivity index (χ1) is 10.7. The zero-order valence-electron chi connectivity index (χ0n) is 13.2. The highest BCUT2D eigenvalue weighted by Crippen LogP contribution is 2.20. The smallest absolute Gasteiger partial charge is 0.275 e. The number of aromatic nitrogens is 3. The van der Waals surface area contributed by atoms with Crippen molar-refractivity contribution in [2.75, 3.05) is 32.0 Å². The molecule has 120 valence electrons. The SMILES string of the molecule is CCCc1cc(=O)n2nc(NCC3CCCN(C)C3)sc2n1. The number of rotatable bonds is 5. The van der Waals surface area contributed by atoms with Crippen LogP contribution in [0, 0.1) is 5.92 Å². The van der Waals surface area contributed by atoms with Crippen LogP contribution in [0.1, 0.15) is 31.9 Å². The van der Waals surface area contributed by atoms with Gasteiger partial charge in [-0.3, -0.25) is 4.79 Å².